The summed E-state index contributed by atoms with van der Waals surface area (Å²) in [6, 6.07) is 58.6. The van der Waals surface area contributed by atoms with Crippen molar-refractivity contribution in [3.05, 3.63) is 174 Å². The molecule has 0 bridgehead atoms. The van der Waals surface area contributed by atoms with Crippen molar-refractivity contribution in [2.75, 3.05) is 0 Å². The highest BCUT2D eigenvalue weighted by Gasteiger charge is 2.28. The van der Waals surface area contributed by atoms with Crippen molar-refractivity contribution in [2.24, 2.45) is 0 Å². The summed E-state index contributed by atoms with van der Waals surface area (Å²) < 4.78 is 13.7. The minimum Gasteiger partial charge on any atom is -0.455 e. The van der Waals surface area contributed by atoms with E-state index in [1.54, 1.807) is 6.07 Å². The van der Waals surface area contributed by atoms with Crippen LogP contribution in [0.15, 0.2) is 156 Å². The fourth-order valence-electron chi connectivity index (χ4n) is 10.3. The van der Waals surface area contributed by atoms with Gasteiger partial charge in [0.2, 0.25) is 0 Å². The third kappa shape index (κ3) is 5.23. The van der Waals surface area contributed by atoms with Crippen molar-refractivity contribution in [1.29, 1.82) is 10.5 Å². The van der Waals surface area contributed by atoms with Gasteiger partial charge in [0.1, 0.15) is 23.3 Å². The second kappa shape index (κ2) is 13.2. The first kappa shape index (κ1) is 37.7. The molecule has 0 aliphatic heterocycles. The van der Waals surface area contributed by atoms with E-state index in [4.69, 9.17) is 4.42 Å². The number of hydrogen-bond donors (Lipinski definition) is 0. The van der Waals surface area contributed by atoms with E-state index in [1.807, 2.05) is 18.2 Å². The van der Waals surface area contributed by atoms with Gasteiger partial charge in [-0.25, -0.2) is 0 Å². The molecule has 6 heteroatoms. The fourth-order valence-corrected chi connectivity index (χ4v) is 10.3. The minimum absolute atomic E-state index is 0.0863. The topological polar surface area (TPSA) is 75.5 Å². The first-order valence-corrected chi connectivity index (χ1v) is 21.9. The van der Waals surface area contributed by atoms with E-state index >= 15 is 0 Å². The molecule has 12 aromatic rings. The number of furan rings is 1. The smallest absolute Gasteiger partial charge is 0.145 e. The molecule has 0 atom stereocenters. The Bertz CT molecular complexity index is 3940. The van der Waals surface area contributed by atoms with Crippen molar-refractivity contribution in [1.82, 2.24) is 13.7 Å². The molecule has 8 aromatic carbocycles. The van der Waals surface area contributed by atoms with Gasteiger partial charge in [-0.05, 0) is 107 Å². The van der Waals surface area contributed by atoms with E-state index in [0.29, 0.717) is 16.8 Å². The van der Waals surface area contributed by atoms with Gasteiger partial charge in [0, 0.05) is 43.4 Å². The molecule has 0 aliphatic carbocycles. The number of nitriles is 2. The minimum atomic E-state index is -0.0863. The summed E-state index contributed by atoms with van der Waals surface area (Å²) in [4.78, 5) is 0. The Kier molecular flexibility index (Phi) is 7.79. The zero-order valence-electron chi connectivity index (χ0n) is 36.6. The normalized spacial score (nSPS) is 12.5. The Morgan fingerprint density at radius 3 is 1.59 bits per heavy atom. The van der Waals surface area contributed by atoms with Crippen molar-refractivity contribution >= 4 is 87.4 Å². The summed E-state index contributed by atoms with van der Waals surface area (Å²) in [7, 11) is 0. The average molecular weight is 826 g/mol. The highest BCUT2D eigenvalue weighted by atomic mass is 16.3. The largest absolute Gasteiger partial charge is 0.455 e. The maximum Gasteiger partial charge on any atom is 0.145 e. The molecule has 64 heavy (non-hydrogen) atoms. The summed E-state index contributed by atoms with van der Waals surface area (Å²) in [6.45, 7) is 13.4. The average Bonchev–Trinajstić information content (AvgIpc) is 4.03. The van der Waals surface area contributed by atoms with Gasteiger partial charge < -0.3 is 18.1 Å². The van der Waals surface area contributed by atoms with E-state index in [-0.39, 0.29) is 10.8 Å². The van der Waals surface area contributed by atoms with Gasteiger partial charge in [0.15, 0.2) is 0 Å². The molecular weight excluding hydrogens is 783 g/mol. The van der Waals surface area contributed by atoms with E-state index in [9.17, 15) is 10.5 Å². The van der Waals surface area contributed by atoms with E-state index in [2.05, 4.69) is 195 Å². The van der Waals surface area contributed by atoms with Crippen LogP contribution in [-0.4, -0.2) is 13.7 Å². The third-order valence-electron chi connectivity index (χ3n) is 13.4. The molecule has 0 aliphatic rings. The summed E-state index contributed by atoms with van der Waals surface area (Å²) in [5.41, 5.74) is 13.1. The lowest BCUT2D eigenvalue weighted by atomic mass is 9.85. The Hall–Kier alpha value is -8.06. The molecule has 4 heterocycles. The number of para-hydroxylation sites is 3. The maximum absolute atomic E-state index is 11.2. The lowest BCUT2D eigenvalue weighted by Gasteiger charge is -2.21. The predicted molar refractivity (Wildman–Crippen MR) is 264 cm³/mol. The molecule has 6 nitrogen and oxygen atoms in total. The van der Waals surface area contributed by atoms with E-state index in [0.717, 1.165) is 88.0 Å². The van der Waals surface area contributed by atoms with Crippen LogP contribution in [0.2, 0.25) is 0 Å². The zero-order valence-corrected chi connectivity index (χ0v) is 36.6. The first-order chi connectivity index (χ1) is 30.9. The van der Waals surface area contributed by atoms with Crippen LogP contribution >= 0.6 is 0 Å². The van der Waals surface area contributed by atoms with Crippen LogP contribution in [-0.2, 0) is 10.8 Å². The lowest BCUT2D eigenvalue weighted by molar-refractivity contribution is 0.590. The standard InChI is InChI=1S/C58H43N5O/c1-57(2,3)35-20-25-48-42(29-35)43-30-36(58(4,5)6)21-26-49(43)63(48)55-45(33-60)34(32-59)19-24-52(55)62-50-27-22-37(61-46-16-10-7-13-38(46)39-14-8-11-17-47(39)61)31-44(50)54-51(62)28-23-41-40-15-9-12-18-53(40)64-56(41)54/h7-31H,1-6H3. The number of nitrogens with zero attached hydrogens (tertiary/aromatic N) is 5. The summed E-state index contributed by atoms with van der Waals surface area (Å²) in [5, 5.41) is 30.5. The Morgan fingerprint density at radius 1 is 0.438 bits per heavy atom. The summed E-state index contributed by atoms with van der Waals surface area (Å²) in [6.07, 6.45) is 0. The Morgan fingerprint density at radius 2 is 0.984 bits per heavy atom. The van der Waals surface area contributed by atoms with Crippen LogP contribution in [0.3, 0.4) is 0 Å². The fraction of sp³-hybridized carbons (Fsp3) is 0.138. The molecular formula is C58H43N5O. The van der Waals surface area contributed by atoms with Crippen molar-refractivity contribution in [2.45, 2.75) is 52.4 Å². The van der Waals surface area contributed by atoms with E-state index < -0.39 is 0 Å². The maximum atomic E-state index is 11.2. The summed E-state index contributed by atoms with van der Waals surface area (Å²) in [5.74, 6) is 0. The number of benzene rings is 8. The van der Waals surface area contributed by atoms with E-state index in [1.165, 1.54) is 21.9 Å². The highest BCUT2D eigenvalue weighted by Crippen LogP contribution is 2.45. The quantitative estimate of drug-likeness (QED) is 0.178. The molecule has 0 N–H and O–H groups in total. The molecule has 0 amide bonds. The monoisotopic (exact) mass is 825 g/mol. The number of hydrogen-bond acceptors (Lipinski definition) is 3. The Balaban J connectivity index is 1.24. The third-order valence-corrected chi connectivity index (χ3v) is 13.4. The molecule has 0 saturated heterocycles. The van der Waals surface area contributed by atoms with Crippen LogP contribution in [0.5, 0.6) is 0 Å². The van der Waals surface area contributed by atoms with Gasteiger partial charge >= 0.3 is 0 Å². The van der Waals surface area contributed by atoms with Crippen LogP contribution in [0.1, 0.15) is 63.8 Å². The molecule has 4 aromatic heterocycles. The van der Waals surface area contributed by atoms with Crippen LogP contribution in [0.4, 0.5) is 0 Å². The first-order valence-electron chi connectivity index (χ1n) is 21.9. The highest BCUT2D eigenvalue weighted by molar-refractivity contribution is 6.24. The molecule has 12 rings (SSSR count). The molecule has 0 saturated carbocycles. The van der Waals surface area contributed by atoms with Gasteiger partial charge in [-0.3, -0.25) is 0 Å². The molecule has 306 valence electrons. The second-order valence-electron chi connectivity index (χ2n) is 19.2. The number of fused-ring (bicyclic) bond motifs is 13. The van der Waals surface area contributed by atoms with Crippen molar-refractivity contribution in [3.8, 4) is 29.2 Å². The number of rotatable bonds is 3. The van der Waals surface area contributed by atoms with Crippen molar-refractivity contribution in [3.63, 3.8) is 0 Å². The predicted octanol–water partition coefficient (Wildman–Crippen LogP) is 15.2. The zero-order chi connectivity index (χ0) is 43.8. The van der Waals surface area contributed by atoms with Gasteiger partial charge in [-0.2, -0.15) is 10.5 Å². The molecule has 0 spiro atoms. The van der Waals surface area contributed by atoms with Gasteiger partial charge in [0.05, 0.1) is 61.0 Å². The van der Waals surface area contributed by atoms with Gasteiger partial charge in [-0.15, -0.1) is 0 Å². The van der Waals surface area contributed by atoms with Crippen LogP contribution < -0.4 is 0 Å². The Labute approximate surface area is 370 Å². The lowest BCUT2D eigenvalue weighted by Crippen LogP contribution is -2.11. The number of aromatic nitrogens is 3. The van der Waals surface area contributed by atoms with Crippen LogP contribution in [0.25, 0.3) is 104 Å². The van der Waals surface area contributed by atoms with Gasteiger partial charge in [-0.1, -0.05) is 108 Å². The molecule has 0 radical (unpaired) electrons. The SMILES string of the molecule is CC(C)(C)c1ccc2c(c1)c1cc(C(C)(C)C)ccc1n2-c1c(-n2c3ccc(-n4c5ccccc5c5ccccc54)cc3c3c4oc5ccccc5c4ccc32)ccc(C#N)c1C#N. The molecule has 0 fully saturated rings. The second-order valence-corrected chi connectivity index (χ2v) is 19.2. The summed E-state index contributed by atoms with van der Waals surface area (Å²) >= 11 is 0. The van der Waals surface area contributed by atoms with Crippen LogP contribution in [0, 0.1) is 22.7 Å². The van der Waals surface area contributed by atoms with Crippen molar-refractivity contribution < 1.29 is 4.42 Å². The molecule has 0 unspecified atom stereocenters. The van der Waals surface area contributed by atoms with Gasteiger partial charge in [0.25, 0.3) is 0 Å².